The first-order valence-electron chi connectivity index (χ1n) is 7.11. The molecule has 1 aliphatic rings. The third-order valence-corrected chi connectivity index (χ3v) is 3.40. The summed E-state index contributed by atoms with van der Waals surface area (Å²) in [6, 6.07) is 5.90. The number of hydrogen-bond acceptors (Lipinski definition) is 4. The van der Waals surface area contributed by atoms with Gasteiger partial charge in [0.2, 0.25) is 12.7 Å². The molecule has 1 heterocycles. The Morgan fingerprint density at radius 2 is 2.00 bits per heavy atom. The molecule has 0 aromatic heterocycles. The first-order valence-corrected chi connectivity index (χ1v) is 7.11. The predicted molar refractivity (Wildman–Crippen MR) is 76.8 cm³/mol. The van der Waals surface area contributed by atoms with Crippen LogP contribution in [0.3, 0.4) is 0 Å². The lowest BCUT2D eigenvalue weighted by molar-refractivity contribution is -0.130. The number of carbonyl (C=O) groups is 1. The van der Waals surface area contributed by atoms with Gasteiger partial charge in [-0.15, -0.1) is 0 Å². The lowest BCUT2D eigenvalue weighted by atomic mass is 10.2. The normalized spacial score (nSPS) is 12.5. The van der Waals surface area contributed by atoms with Gasteiger partial charge in [-0.05, 0) is 31.5 Å². The average molecular weight is 278 g/mol. The van der Waals surface area contributed by atoms with Crippen molar-refractivity contribution < 1.29 is 14.3 Å². The summed E-state index contributed by atoms with van der Waals surface area (Å²) in [7, 11) is 0. The number of fused-ring (bicyclic) bond motifs is 1. The predicted octanol–water partition coefficient (Wildman–Crippen LogP) is 1.76. The van der Waals surface area contributed by atoms with Crippen LogP contribution in [0.15, 0.2) is 18.2 Å². The molecular weight excluding hydrogens is 256 g/mol. The Kier molecular flexibility index (Phi) is 5.24. The molecule has 0 spiro atoms. The number of amides is 1. The summed E-state index contributed by atoms with van der Waals surface area (Å²) in [5.41, 5.74) is 1.13. The third kappa shape index (κ3) is 3.63. The van der Waals surface area contributed by atoms with Crippen molar-refractivity contribution in [2.24, 2.45) is 0 Å². The molecule has 0 bridgehead atoms. The van der Waals surface area contributed by atoms with E-state index < -0.39 is 0 Å². The lowest BCUT2D eigenvalue weighted by Crippen LogP contribution is -2.32. The first-order chi connectivity index (χ1) is 9.74. The van der Waals surface area contributed by atoms with E-state index >= 15 is 0 Å². The number of nitrogens with zero attached hydrogens (tertiary/aromatic N) is 1. The van der Waals surface area contributed by atoms with Crippen LogP contribution < -0.4 is 14.8 Å². The number of rotatable bonds is 7. The van der Waals surface area contributed by atoms with Crippen molar-refractivity contribution >= 4 is 5.91 Å². The Bertz CT molecular complexity index is 458. The molecule has 0 saturated carbocycles. The number of ether oxygens (including phenoxy) is 2. The van der Waals surface area contributed by atoms with Crippen LogP contribution in [0.1, 0.15) is 25.8 Å². The van der Waals surface area contributed by atoms with Gasteiger partial charge in [0.15, 0.2) is 11.5 Å². The highest BCUT2D eigenvalue weighted by Gasteiger charge is 2.13. The van der Waals surface area contributed by atoms with Gasteiger partial charge in [-0.1, -0.05) is 6.07 Å². The van der Waals surface area contributed by atoms with E-state index in [1.54, 1.807) is 0 Å². The van der Waals surface area contributed by atoms with E-state index in [-0.39, 0.29) is 5.91 Å². The Hall–Kier alpha value is -1.75. The zero-order valence-corrected chi connectivity index (χ0v) is 12.1. The second-order valence-corrected chi connectivity index (χ2v) is 4.68. The highest BCUT2D eigenvalue weighted by molar-refractivity contribution is 5.76. The molecule has 5 nitrogen and oxygen atoms in total. The van der Waals surface area contributed by atoms with Crippen LogP contribution in [0.2, 0.25) is 0 Å². The molecule has 1 aromatic rings. The fourth-order valence-electron chi connectivity index (χ4n) is 2.21. The quantitative estimate of drug-likeness (QED) is 0.772. The summed E-state index contributed by atoms with van der Waals surface area (Å²) in [5, 5.41) is 3.28. The summed E-state index contributed by atoms with van der Waals surface area (Å²) in [5.74, 6) is 1.79. The molecule has 5 heteroatoms. The monoisotopic (exact) mass is 278 g/mol. The summed E-state index contributed by atoms with van der Waals surface area (Å²) in [4.78, 5) is 13.7. The maximum absolute atomic E-state index is 11.8. The smallest absolute Gasteiger partial charge is 0.231 e. The molecule has 0 aliphatic carbocycles. The Morgan fingerprint density at radius 3 is 2.75 bits per heavy atom. The maximum Gasteiger partial charge on any atom is 0.231 e. The minimum absolute atomic E-state index is 0.202. The molecule has 0 fully saturated rings. The van der Waals surface area contributed by atoms with E-state index in [1.807, 2.05) is 36.9 Å². The number of carbonyl (C=O) groups excluding carboxylic acids is 1. The fraction of sp³-hybridized carbons (Fsp3) is 0.533. The van der Waals surface area contributed by atoms with Crippen molar-refractivity contribution in [1.82, 2.24) is 10.2 Å². The van der Waals surface area contributed by atoms with Crippen LogP contribution in [0, 0.1) is 0 Å². The second kappa shape index (κ2) is 7.14. The highest BCUT2D eigenvalue weighted by Crippen LogP contribution is 2.32. The van der Waals surface area contributed by atoms with Gasteiger partial charge in [0.1, 0.15) is 0 Å². The van der Waals surface area contributed by atoms with Crippen molar-refractivity contribution in [3.8, 4) is 11.5 Å². The SMILES string of the molecule is CCN(CC)C(=O)CCNCc1ccc2c(c1)OCO2. The fourth-order valence-corrected chi connectivity index (χ4v) is 2.21. The van der Waals surface area contributed by atoms with Gasteiger partial charge in [0.05, 0.1) is 0 Å². The first kappa shape index (κ1) is 14.7. The number of hydrogen-bond donors (Lipinski definition) is 1. The standard InChI is InChI=1S/C15H22N2O3/c1-3-17(4-2)15(18)7-8-16-10-12-5-6-13-14(9-12)20-11-19-13/h5-6,9,16H,3-4,7-8,10-11H2,1-2H3. The Morgan fingerprint density at radius 1 is 1.25 bits per heavy atom. The van der Waals surface area contributed by atoms with Gasteiger partial charge in [-0.2, -0.15) is 0 Å². The third-order valence-electron chi connectivity index (χ3n) is 3.40. The zero-order chi connectivity index (χ0) is 14.4. The molecule has 1 aromatic carbocycles. The lowest BCUT2D eigenvalue weighted by Gasteiger charge is -2.18. The molecule has 2 rings (SSSR count). The molecule has 0 unspecified atom stereocenters. The maximum atomic E-state index is 11.8. The van der Waals surface area contributed by atoms with Crippen molar-refractivity contribution in [2.45, 2.75) is 26.8 Å². The van der Waals surface area contributed by atoms with Crippen molar-refractivity contribution in [2.75, 3.05) is 26.4 Å². The van der Waals surface area contributed by atoms with Crippen molar-refractivity contribution in [1.29, 1.82) is 0 Å². The van der Waals surface area contributed by atoms with Crippen LogP contribution in [-0.4, -0.2) is 37.2 Å². The van der Waals surface area contributed by atoms with Gasteiger partial charge >= 0.3 is 0 Å². The van der Waals surface area contributed by atoms with Gasteiger partial charge in [0.25, 0.3) is 0 Å². The van der Waals surface area contributed by atoms with Crippen LogP contribution in [0.4, 0.5) is 0 Å². The largest absolute Gasteiger partial charge is 0.454 e. The number of nitrogens with one attached hydrogen (secondary N) is 1. The highest BCUT2D eigenvalue weighted by atomic mass is 16.7. The molecule has 1 amide bonds. The molecule has 20 heavy (non-hydrogen) atoms. The Labute approximate surface area is 119 Å². The topological polar surface area (TPSA) is 50.8 Å². The number of benzene rings is 1. The summed E-state index contributed by atoms with van der Waals surface area (Å²) < 4.78 is 10.6. The molecule has 0 atom stereocenters. The Balaban J connectivity index is 1.72. The van der Waals surface area contributed by atoms with Gasteiger partial charge in [0, 0.05) is 32.6 Å². The molecule has 1 aliphatic heterocycles. The minimum Gasteiger partial charge on any atom is -0.454 e. The van der Waals surface area contributed by atoms with E-state index in [0.717, 1.165) is 36.7 Å². The molecular formula is C15H22N2O3. The minimum atomic E-state index is 0.202. The van der Waals surface area contributed by atoms with E-state index in [2.05, 4.69) is 5.32 Å². The van der Waals surface area contributed by atoms with Crippen LogP contribution >= 0.6 is 0 Å². The summed E-state index contributed by atoms with van der Waals surface area (Å²) in [6.45, 7) is 7.26. The van der Waals surface area contributed by atoms with Crippen LogP contribution in [0.5, 0.6) is 11.5 Å². The van der Waals surface area contributed by atoms with Crippen LogP contribution in [-0.2, 0) is 11.3 Å². The van der Waals surface area contributed by atoms with E-state index in [9.17, 15) is 4.79 Å². The average Bonchev–Trinajstić information content (AvgIpc) is 2.92. The summed E-state index contributed by atoms with van der Waals surface area (Å²) in [6.07, 6.45) is 0.534. The van der Waals surface area contributed by atoms with E-state index in [4.69, 9.17) is 9.47 Å². The van der Waals surface area contributed by atoms with Gasteiger partial charge in [-0.25, -0.2) is 0 Å². The zero-order valence-electron chi connectivity index (χ0n) is 12.1. The van der Waals surface area contributed by atoms with Gasteiger partial charge in [-0.3, -0.25) is 4.79 Å². The molecule has 0 saturated heterocycles. The molecule has 110 valence electrons. The second-order valence-electron chi connectivity index (χ2n) is 4.68. The van der Waals surface area contributed by atoms with Crippen molar-refractivity contribution in [3.05, 3.63) is 23.8 Å². The van der Waals surface area contributed by atoms with E-state index in [0.29, 0.717) is 19.8 Å². The van der Waals surface area contributed by atoms with E-state index in [1.165, 1.54) is 0 Å². The summed E-state index contributed by atoms with van der Waals surface area (Å²) >= 11 is 0. The van der Waals surface area contributed by atoms with Gasteiger partial charge < -0.3 is 19.7 Å². The van der Waals surface area contributed by atoms with Crippen LogP contribution in [0.25, 0.3) is 0 Å². The molecule has 1 N–H and O–H groups in total. The van der Waals surface area contributed by atoms with Crippen molar-refractivity contribution in [3.63, 3.8) is 0 Å². The molecule has 0 radical (unpaired) electrons.